The summed E-state index contributed by atoms with van der Waals surface area (Å²) in [5.41, 5.74) is 0.960. The molecule has 0 bridgehead atoms. The summed E-state index contributed by atoms with van der Waals surface area (Å²) < 4.78 is 5.89. The number of morpholine rings is 1. The standard InChI is InChI=1S/C18H22ClNO4/c1-11-10-24-16(12-3-2-4-15(19)8-12)9-20(11)17(21)13-5-6-14(7-13)18(22)23/h2-4,8,11,13-14,16H,5-7,9-10H2,1H3,(H,22,23)/t11?,13-,14+,16?/m1/s1. The lowest BCUT2D eigenvalue weighted by Crippen LogP contribution is -2.50. The highest BCUT2D eigenvalue weighted by atomic mass is 35.5. The number of rotatable bonds is 3. The van der Waals surface area contributed by atoms with E-state index >= 15 is 0 Å². The topological polar surface area (TPSA) is 66.8 Å². The third-order valence-corrected chi connectivity index (χ3v) is 5.30. The fourth-order valence-electron chi connectivity index (χ4n) is 3.64. The van der Waals surface area contributed by atoms with Crippen LogP contribution in [0.25, 0.3) is 0 Å². The Hall–Kier alpha value is -1.59. The van der Waals surface area contributed by atoms with E-state index in [4.69, 9.17) is 21.4 Å². The molecule has 1 amide bonds. The Morgan fingerprint density at radius 2 is 2.04 bits per heavy atom. The third kappa shape index (κ3) is 3.57. The maximum absolute atomic E-state index is 12.9. The second-order valence-electron chi connectivity index (χ2n) is 6.76. The highest BCUT2D eigenvalue weighted by Gasteiger charge is 2.39. The van der Waals surface area contributed by atoms with Gasteiger partial charge in [-0.2, -0.15) is 0 Å². The number of halogens is 1. The molecule has 1 aliphatic heterocycles. The zero-order chi connectivity index (χ0) is 17.3. The Labute approximate surface area is 146 Å². The van der Waals surface area contributed by atoms with Gasteiger partial charge in [0.25, 0.3) is 0 Å². The van der Waals surface area contributed by atoms with E-state index in [-0.39, 0.29) is 29.9 Å². The van der Waals surface area contributed by atoms with Crippen LogP contribution in [0.15, 0.2) is 24.3 Å². The molecule has 1 N–H and O–H groups in total. The average molecular weight is 352 g/mol. The van der Waals surface area contributed by atoms with Crippen molar-refractivity contribution in [1.29, 1.82) is 0 Å². The zero-order valence-electron chi connectivity index (χ0n) is 13.7. The average Bonchev–Trinajstić information content (AvgIpc) is 3.05. The van der Waals surface area contributed by atoms with Crippen LogP contribution in [0.4, 0.5) is 0 Å². The molecule has 1 saturated carbocycles. The van der Waals surface area contributed by atoms with Crippen LogP contribution in [-0.2, 0) is 14.3 Å². The first-order chi connectivity index (χ1) is 11.5. The molecule has 1 aromatic rings. The van der Waals surface area contributed by atoms with Gasteiger partial charge in [0.1, 0.15) is 6.10 Å². The number of amides is 1. The fraction of sp³-hybridized carbons (Fsp3) is 0.556. The predicted octanol–water partition coefficient (Wildman–Crippen LogP) is 3.13. The van der Waals surface area contributed by atoms with Gasteiger partial charge < -0.3 is 14.7 Å². The summed E-state index contributed by atoms with van der Waals surface area (Å²) in [6, 6.07) is 7.49. The SMILES string of the molecule is CC1COC(c2cccc(Cl)c2)CN1C(=O)[C@@H]1CC[C@H](C(=O)O)C1. The molecule has 5 nitrogen and oxygen atoms in total. The minimum atomic E-state index is -0.794. The summed E-state index contributed by atoms with van der Waals surface area (Å²) >= 11 is 6.05. The second-order valence-corrected chi connectivity index (χ2v) is 7.20. The van der Waals surface area contributed by atoms with Gasteiger partial charge in [-0.25, -0.2) is 0 Å². The van der Waals surface area contributed by atoms with Crippen LogP contribution in [0.5, 0.6) is 0 Å². The smallest absolute Gasteiger partial charge is 0.306 e. The molecule has 0 radical (unpaired) electrons. The molecule has 1 aliphatic carbocycles. The van der Waals surface area contributed by atoms with E-state index < -0.39 is 5.97 Å². The molecule has 6 heteroatoms. The van der Waals surface area contributed by atoms with Gasteiger partial charge in [-0.3, -0.25) is 9.59 Å². The number of ether oxygens (including phenoxy) is 1. The summed E-state index contributed by atoms with van der Waals surface area (Å²) in [6.07, 6.45) is 1.49. The lowest BCUT2D eigenvalue weighted by Gasteiger charge is -2.39. The lowest BCUT2D eigenvalue weighted by molar-refractivity contribution is -0.149. The van der Waals surface area contributed by atoms with E-state index in [9.17, 15) is 9.59 Å². The van der Waals surface area contributed by atoms with Crippen LogP contribution in [0, 0.1) is 11.8 Å². The van der Waals surface area contributed by atoms with Gasteiger partial charge in [0.2, 0.25) is 5.91 Å². The van der Waals surface area contributed by atoms with Crippen LogP contribution < -0.4 is 0 Å². The minimum Gasteiger partial charge on any atom is -0.481 e. The van der Waals surface area contributed by atoms with Crippen LogP contribution in [0.1, 0.15) is 37.9 Å². The number of aliphatic carboxylic acids is 1. The van der Waals surface area contributed by atoms with Gasteiger partial charge in [-0.15, -0.1) is 0 Å². The normalized spacial score (nSPS) is 30.3. The first-order valence-corrected chi connectivity index (χ1v) is 8.74. The minimum absolute atomic E-state index is 0.00295. The molecule has 24 heavy (non-hydrogen) atoms. The summed E-state index contributed by atoms with van der Waals surface area (Å²) in [5, 5.41) is 9.78. The maximum atomic E-state index is 12.9. The molecular formula is C18H22ClNO4. The van der Waals surface area contributed by atoms with Crippen LogP contribution in [0.3, 0.4) is 0 Å². The second kappa shape index (κ2) is 7.11. The third-order valence-electron chi connectivity index (χ3n) is 5.07. The van der Waals surface area contributed by atoms with Crippen molar-refractivity contribution in [2.75, 3.05) is 13.2 Å². The van der Waals surface area contributed by atoms with Crippen molar-refractivity contribution in [1.82, 2.24) is 4.90 Å². The molecule has 2 unspecified atom stereocenters. The van der Waals surface area contributed by atoms with Gasteiger partial charge in [0.15, 0.2) is 0 Å². The van der Waals surface area contributed by atoms with Crippen molar-refractivity contribution >= 4 is 23.5 Å². The van der Waals surface area contributed by atoms with Crippen molar-refractivity contribution < 1.29 is 19.4 Å². The molecule has 1 heterocycles. The molecule has 2 fully saturated rings. The number of benzene rings is 1. The first-order valence-electron chi connectivity index (χ1n) is 8.36. The number of nitrogens with zero attached hydrogens (tertiary/aromatic N) is 1. The van der Waals surface area contributed by atoms with Crippen molar-refractivity contribution in [3.63, 3.8) is 0 Å². The van der Waals surface area contributed by atoms with Gasteiger partial charge in [-0.05, 0) is 43.9 Å². The quantitative estimate of drug-likeness (QED) is 0.908. The molecular weight excluding hydrogens is 330 g/mol. The van der Waals surface area contributed by atoms with Crippen LogP contribution >= 0.6 is 11.6 Å². The van der Waals surface area contributed by atoms with Crippen molar-refractivity contribution in [2.45, 2.75) is 38.3 Å². The van der Waals surface area contributed by atoms with Crippen LogP contribution in [0.2, 0.25) is 5.02 Å². The van der Waals surface area contributed by atoms with E-state index in [1.54, 1.807) is 0 Å². The Morgan fingerprint density at radius 3 is 2.71 bits per heavy atom. The summed E-state index contributed by atoms with van der Waals surface area (Å²) in [5.74, 6) is -1.32. The largest absolute Gasteiger partial charge is 0.481 e. The van der Waals surface area contributed by atoms with Crippen molar-refractivity contribution in [2.24, 2.45) is 11.8 Å². The Bertz CT molecular complexity index is 635. The highest BCUT2D eigenvalue weighted by Crippen LogP contribution is 2.35. The molecule has 0 aromatic heterocycles. The fourth-order valence-corrected chi connectivity index (χ4v) is 3.84. The molecule has 3 rings (SSSR count). The zero-order valence-corrected chi connectivity index (χ0v) is 14.4. The van der Waals surface area contributed by atoms with E-state index in [1.807, 2.05) is 36.1 Å². The highest BCUT2D eigenvalue weighted by molar-refractivity contribution is 6.30. The van der Waals surface area contributed by atoms with Gasteiger partial charge in [-0.1, -0.05) is 23.7 Å². The van der Waals surface area contributed by atoms with Gasteiger partial charge >= 0.3 is 5.97 Å². The molecule has 1 aromatic carbocycles. The summed E-state index contributed by atoms with van der Waals surface area (Å²) in [7, 11) is 0. The van der Waals surface area contributed by atoms with E-state index in [1.165, 1.54) is 0 Å². The summed E-state index contributed by atoms with van der Waals surface area (Å²) in [4.78, 5) is 25.8. The van der Waals surface area contributed by atoms with E-state index in [0.29, 0.717) is 37.4 Å². The maximum Gasteiger partial charge on any atom is 0.306 e. The molecule has 130 valence electrons. The molecule has 1 saturated heterocycles. The Morgan fingerprint density at radius 1 is 1.29 bits per heavy atom. The van der Waals surface area contributed by atoms with Crippen LogP contribution in [-0.4, -0.2) is 41.1 Å². The monoisotopic (exact) mass is 351 g/mol. The lowest BCUT2D eigenvalue weighted by atomic mass is 10.0. The number of carboxylic acid groups (broad SMARTS) is 1. The number of carbonyl (C=O) groups is 2. The number of carbonyl (C=O) groups excluding carboxylic acids is 1. The van der Waals surface area contributed by atoms with Gasteiger partial charge in [0.05, 0.1) is 25.1 Å². The van der Waals surface area contributed by atoms with E-state index in [2.05, 4.69) is 0 Å². The molecule has 2 aliphatic rings. The number of carboxylic acids is 1. The summed E-state index contributed by atoms with van der Waals surface area (Å²) in [6.45, 7) is 2.92. The number of hydrogen-bond donors (Lipinski definition) is 1. The van der Waals surface area contributed by atoms with Crippen molar-refractivity contribution in [3.8, 4) is 0 Å². The predicted molar refractivity (Wildman–Crippen MR) is 89.8 cm³/mol. The molecule has 4 atom stereocenters. The Kier molecular flexibility index (Phi) is 5.11. The molecule has 0 spiro atoms. The first kappa shape index (κ1) is 17.2. The van der Waals surface area contributed by atoms with E-state index in [0.717, 1.165) is 5.56 Å². The Balaban J connectivity index is 1.70. The van der Waals surface area contributed by atoms with Crippen molar-refractivity contribution in [3.05, 3.63) is 34.9 Å². The number of hydrogen-bond acceptors (Lipinski definition) is 3. The van der Waals surface area contributed by atoms with Gasteiger partial charge in [0, 0.05) is 10.9 Å².